The third kappa shape index (κ3) is 5.66. The van der Waals surface area contributed by atoms with E-state index in [-0.39, 0.29) is 18.4 Å². The molecule has 2 aromatic carbocycles. The van der Waals surface area contributed by atoms with Crippen LogP contribution in [0.5, 0.6) is 0 Å². The zero-order valence-corrected chi connectivity index (χ0v) is 17.0. The highest BCUT2D eigenvalue weighted by atomic mass is 16.2. The van der Waals surface area contributed by atoms with Gasteiger partial charge in [-0.2, -0.15) is 0 Å². The molecule has 0 aliphatic heterocycles. The molecule has 2 N–H and O–H groups in total. The van der Waals surface area contributed by atoms with Gasteiger partial charge in [0.25, 0.3) is 0 Å². The Kier molecular flexibility index (Phi) is 6.75. The highest BCUT2D eigenvalue weighted by molar-refractivity contribution is 5.97. The molecule has 0 unspecified atom stereocenters. The van der Waals surface area contributed by atoms with Gasteiger partial charge < -0.3 is 10.6 Å². The van der Waals surface area contributed by atoms with Gasteiger partial charge >= 0.3 is 0 Å². The molecule has 0 aromatic heterocycles. The van der Waals surface area contributed by atoms with Gasteiger partial charge in [-0.05, 0) is 64.9 Å². The number of nitrogens with one attached hydrogen (secondary N) is 2. The molecule has 0 saturated heterocycles. The van der Waals surface area contributed by atoms with E-state index >= 15 is 0 Å². The number of benzene rings is 2. The van der Waals surface area contributed by atoms with Crippen molar-refractivity contribution in [3.63, 3.8) is 0 Å². The lowest BCUT2D eigenvalue weighted by molar-refractivity contribution is -0.122. The number of aryl methyl sites for hydroxylation is 4. The topological polar surface area (TPSA) is 61.4 Å². The lowest BCUT2D eigenvalue weighted by atomic mass is 10.0. The molecule has 0 fully saturated rings. The van der Waals surface area contributed by atoms with Crippen molar-refractivity contribution in [3.8, 4) is 0 Å². The molecule has 2 rings (SSSR count). The van der Waals surface area contributed by atoms with Crippen molar-refractivity contribution in [1.29, 1.82) is 0 Å². The average Bonchev–Trinajstić information content (AvgIpc) is 2.59. The summed E-state index contributed by atoms with van der Waals surface area (Å²) in [6, 6.07) is 11.3. The number of amides is 2. The van der Waals surface area contributed by atoms with Crippen LogP contribution in [0.3, 0.4) is 0 Å². The van der Waals surface area contributed by atoms with Crippen molar-refractivity contribution in [3.05, 3.63) is 58.7 Å². The van der Waals surface area contributed by atoms with E-state index < -0.39 is 6.04 Å². The number of likely N-dealkylation sites (N-methyl/N-ethyl adjacent to an activating group) is 1. The van der Waals surface area contributed by atoms with Crippen LogP contribution in [0.4, 0.5) is 11.4 Å². The summed E-state index contributed by atoms with van der Waals surface area (Å²) in [6.07, 6.45) is 0. The molecular formula is C22H29N3O2. The van der Waals surface area contributed by atoms with Crippen molar-refractivity contribution in [1.82, 2.24) is 4.90 Å². The molecule has 0 aliphatic carbocycles. The van der Waals surface area contributed by atoms with E-state index in [0.29, 0.717) is 0 Å². The Morgan fingerprint density at radius 3 is 2.04 bits per heavy atom. The first-order chi connectivity index (χ1) is 12.7. The van der Waals surface area contributed by atoms with E-state index in [4.69, 9.17) is 0 Å². The summed E-state index contributed by atoms with van der Waals surface area (Å²) in [4.78, 5) is 26.6. The number of carbonyl (C=O) groups is 2. The van der Waals surface area contributed by atoms with Gasteiger partial charge in [0.15, 0.2) is 0 Å². The maximum Gasteiger partial charge on any atom is 0.241 e. The average molecular weight is 367 g/mol. The van der Waals surface area contributed by atoms with Crippen LogP contribution in [-0.4, -0.2) is 36.3 Å². The number of carbonyl (C=O) groups excluding carboxylic acids is 2. The molecule has 1 atom stereocenters. The van der Waals surface area contributed by atoms with Crippen LogP contribution in [-0.2, 0) is 9.59 Å². The minimum absolute atomic E-state index is 0.129. The Morgan fingerprint density at radius 2 is 1.48 bits per heavy atom. The predicted molar refractivity (Wildman–Crippen MR) is 111 cm³/mol. The third-order valence-electron chi connectivity index (χ3n) is 4.69. The molecule has 5 nitrogen and oxygen atoms in total. The zero-order valence-electron chi connectivity index (χ0n) is 17.0. The van der Waals surface area contributed by atoms with Gasteiger partial charge in [-0.3, -0.25) is 14.5 Å². The van der Waals surface area contributed by atoms with Gasteiger partial charge in [-0.25, -0.2) is 0 Å². The summed E-state index contributed by atoms with van der Waals surface area (Å²) < 4.78 is 0. The van der Waals surface area contributed by atoms with E-state index in [1.54, 1.807) is 18.9 Å². The fourth-order valence-corrected chi connectivity index (χ4v) is 3.01. The SMILES string of the molecule is Cc1ccc(NC(=O)CN(C)[C@H](C)C(=O)Nc2c(C)cc(C)cc2C)cc1. The van der Waals surface area contributed by atoms with Gasteiger partial charge in [0, 0.05) is 11.4 Å². The van der Waals surface area contributed by atoms with Gasteiger partial charge in [0.1, 0.15) is 0 Å². The Balaban J connectivity index is 1.95. The first-order valence-corrected chi connectivity index (χ1v) is 9.13. The maximum atomic E-state index is 12.6. The molecule has 0 spiro atoms. The van der Waals surface area contributed by atoms with Crippen molar-refractivity contribution >= 4 is 23.2 Å². The van der Waals surface area contributed by atoms with Crippen molar-refractivity contribution in [2.24, 2.45) is 0 Å². The molecule has 144 valence electrons. The minimum atomic E-state index is -0.436. The van der Waals surface area contributed by atoms with E-state index in [9.17, 15) is 9.59 Å². The monoisotopic (exact) mass is 367 g/mol. The Hall–Kier alpha value is -2.66. The summed E-state index contributed by atoms with van der Waals surface area (Å²) >= 11 is 0. The second-order valence-electron chi connectivity index (χ2n) is 7.27. The highest BCUT2D eigenvalue weighted by Gasteiger charge is 2.21. The number of hydrogen-bond acceptors (Lipinski definition) is 3. The van der Waals surface area contributed by atoms with Crippen LogP contribution < -0.4 is 10.6 Å². The standard InChI is InChI=1S/C22H29N3O2/c1-14-7-9-19(10-8-14)23-20(26)13-25(6)18(5)22(27)24-21-16(3)11-15(2)12-17(21)4/h7-12,18H,13H2,1-6H3,(H,23,26)(H,24,27)/t18-/m1/s1. The van der Waals surface area contributed by atoms with Crippen LogP contribution >= 0.6 is 0 Å². The quantitative estimate of drug-likeness (QED) is 0.816. The van der Waals surface area contributed by atoms with E-state index in [2.05, 4.69) is 10.6 Å². The molecule has 0 aliphatic rings. The van der Waals surface area contributed by atoms with E-state index in [1.165, 1.54) is 5.56 Å². The lowest BCUT2D eigenvalue weighted by Crippen LogP contribution is -2.43. The van der Waals surface area contributed by atoms with Crippen molar-refractivity contribution < 1.29 is 9.59 Å². The Labute approximate surface area is 161 Å². The fraction of sp³-hybridized carbons (Fsp3) is 0.364. The molecule has 0 heterocycles. The number of anilines is 2. The number of hydrogen-bond donors (Lipinski definition) is 2. The molecule has 0 bridgehead atoms. The normalized spacial score (nSPS) is 12.0. The summed E-state index contributed by atoms with van der Waals surface area (Å²) in [7, 11) is 1.77. The summed E-state index contributed by atoms with van der Waals surface area (Å²) in [5, 5.41) is 5.86. The second-order valence-corrected chi connectivity index (χ2v) is 7.27. The largest absolute Gasteiger partial charge is 0.325 e. The molecule has 0 saturated carbocycles. The maximum absolute atomic E-state index is 12.6. The molecule has 2 aromatic rings. The molecule has 27 heavy (non-hydrogen) atoms. The second kappa shape index (κ2) is 8.82. The van der Waals surface area contributed by atoms with Crippen LogP contribution in [0, 0.1) is 27.7 Å². The van der Waals surface area contributed by atoms with Gasteiger partial charge in [0.05, 0.1) is 12.6 Å². The van der Waals surface area contributed by atoms with Crippen molar-refractivity contribution in [2.45, 2.75) is 40.7 Å². The van der Waals surface area contributed by atoms with Crippen molar-refractivity contribution in [2.75, 3.05) is 24.2 Å². The predicted octanol–water partition coefficient (Wildman–Crippen LogP) is 3.82. The van der Waals surface area contributed by atoms with E-state index in [1.807, 2.05) is 64.1 Å². The van der Waals surface area contributed by atoms with Gasteiger partial charge in [-0.15, -0.1) is 0 Å². The first kappa shape index (κ1) is 20.6. The Morgan fingerprint density at radius 1 is 0.926 bits per heavy atom. The highest BCUT2D eigenvalue weighted by Crippen LogP contribution is 2.22. The number of rotatable bonds is 6. The van der Waals surface area contributed by atoms with Crippen LogP contribution in [0.15, 0.2) is 36.4 Å². The smallest absolute Gasteiger partial charge is 0.241 e. The fourth-order valence-electron chi connectivity index (χ4n) is 3.01. The minimum Gasteiger partial charge on any atom is -0.325 e. The van der Waals surface area contributed by atoms with E-state index in [0.717, 1.165) is 28.1 Å². The lowest BCUT2D eigenvalue weighted by Gasteiger charge is -2.24. The Bertz CT molecular complexity index is 805. The summed E-state index contributed by atoms with van der Waals surface area (Å²) in [5.74, 6) is -0.278. The summed E-state index contributed by atoms with van der Waals surface area (Å²) in [6.45, 7) is 9.94. The van der Waals surface area contributed by atoms with Gasteiger partial charge in [-0.1, -0.05) is 35.4 Å². The van der Waals surface area contributed by atoms with Gasteiger partial charge in [0.2, 0.25) is 11.8 Å². The molecule has 5 heteroatoms. The molecule has 2 amide bonds. The third-order valence-corrected chi connectivity index (χ3v) is 4.69. The zero-order chi connectivity index (χ0) is 20.1. The van der Waals surface area contributed by atoms with Crippen LogP contribution in [0.2, 0.25) is 0 Å². The first-order valence-electron chi connectivity index (χ1n) is 9.13. The molecule has 0 radical (unpaired) electrons. The van der Waals surface area contributed by atoms with Crippen LogP contribution in [0.25, 0.3) is 0 Å². The summed E-state index contributed by atoms with van der Waals surface area (Å²) in [5.41, 5.74) is 5.97. The van der Waals surface area contributed by atoms with Crippen LogP contribution in [0.1, 0.15) is 29.2 Å². The molecular weight excluding hydrogens is 338 g/mol. The number of nitrogens with zero attached hydrogens (tertiary/aromatic N) is 1.